The Morgan fingerprint density at radius 1 is 1.15 bits per heavy atom. The molecular formula is C15H13BrN2O2. The second-order valence-corrected chi connectivity index (χ2v) is 4.77. The summed E-state index contributed by atoms with van der Waals surface area (Å²) >= 11 is 3.40. The lowest BCUT2D eigenvalue weighted by molar-refractivity contribution is -0.123. The molecule has 2 aromatic carbocycles. The fourth-order valence-electron chi connectivity index (χ4n) is 1.45. The fraction of sp³-hybridized carbons (Fsp3) is 0.0667. The first-order valence-corrected chi connectivity index (χ1v) is 6.79. The van der Waals surface area contributed by atoms with Gasteiger partial charge in [0.25, 0.3) is 5.91 Å². The number of halogens is 1. The number of hydrogen-bond acceptors (Lipinski definition) is 3. The number of nitrogens with zero attached hydrogens (tertiary/aromatic N) is 1. The number of carbonyl (C=O) groups is 1. The van der Waals surface area contributed by atoms with Gasteiger partial charge in [-0.15, -0.1) is 0 Å². The molecule has 1 amide bonds. The molecule has 0 saturated carbocycles. The van der Waals surface area contributed by atoms with Crippen LogP contribution in [0.25, 0.3) is 0 Å². The molecule has 5 heteroatoms. The Balaban J connectivity index is 1.79. The van der Waals surface area contributed by atoms with Crippen molar-refractivity contribution < 1.29 is 9.53 Å². The summed E-state index contributed by atoms with van der Waals surface area (Å²) in [5.74, 6) is 0.342. The van der Waals surface area contributed by atoms with Gasteiger partial charge in [-0.2, -0.15) is 5.10 Å². The number of hydrogen-bond donors (Lipinski definition) is 1. The summed E-state index contributed by atoms with van der Waals surface area (Å²) in [7, 11) is 0. The molecule has 0 atom stereocenters. The van der Waals surface area contributed by atoms with Crippen molar-refractivity contribution >= 4 is 28.1 Å². The molecule has 0 fully saturated rings. The number of carbonyl (C=O) groups excluding carboxylic acids is 1. The molecular weight excluding hydrogens is 320 g/mol. The molecule has 0 heterocycles. The molecule has 0 aromatic heterocycles. The van der Waals surface area contributed by atoms with Crippen molar-refractivity contribution in [3.63, 3.8) is 0 Å². The van der Waals surface area contributed by atoms with Crippen LogP contribution in [0, 0.1) is 0 Å². The summed E-state index contributed by atoms with van der Waals surface area (Å²) in [5, 5.41) is 3.88. The van der Waals surface area contributed by atoms with Crippen molar-refractivity contribution in [2.24, 2.45) is 5.10 Å². The summed E-state index contributed by atoms with van der Waals surface area (Å²) in [6, 6.07) is 16.8. The second kappa shape index (κ2) is 7.45. The molecule has 2 rings (SSSR count). The first-order chi connectivity index (χ1) is 9.75. The minimum atomic E-state index is -0.308. The number of ether oxygens (including phenoxy) is 1. The summed E-state index contributed by atoms with van der Waals surface area (Å²) in [6.45, 7) is -0.0721. The quantitative estimate of drug-likeness (QED) is 0.676. The van der Waals surface area contributed by atoms with Crippen LogP contribution in [0.5, 0.6) is 5.75 Å². The number of amides is 1. The van der Waals surface area contributed by atoms with Gasteiger partial charge in [0.2, 0.25) is 0 Å². The molecule has 0 unspecified atom stereocenters. The number of para-hydroxylation sites is 1. The van der Waals surface area contributed by atoms with E-state index in [9.17, 15) is 4.79 Å². The molecule has 20 heavy (non-hydrogen) atoms. The maximum Gasteiger partial charge on any atom is 0.277 e. The molecule has 0 saturated heterocycles. The van der Waals surface area contributed by atoms with E-state index in [1.54, 1.807) is 18.3 Å². The molecule has 0 aliphatic heterocycles. The Labute approximate surface area is 125 Å². The van der Waals surface area contributed by atoms with Crippen LogP contribution >= 0.6 is 15.9 Å². The van der Waals surface area contributed by atoms with E-state index in [4.69, 9.17) is 4.74 Å². The lowest BCUT2D eigenvalue weighted by Crippen LogP contribution is -2.24. The van der Waals surface area contributed by atoms with Crippen molar-refractivity contribution in [3.05, 3.63) is 64.6 Å². The van der Waals surface area contributed by atoms with Gasteiger partial charge in [-0.1, -0.05) is 52.3 Å². The number of hydrazone groups is 1. The standard InChI is InChI=1S/C15H13BrN2O2/c16-14-9-5-4-6-12(14)10-17-18-15(19)11-20-13-7-2-1-3-8-13/h1-10H,11H2,(H,18,19)/b17-10+. The van der Waals surface area contributed by atoms with Gasteiger partial charge in [0.1, 0.15) is 5.75 Å². The lowest BCUT2D eigenvalue weighted by Gasteiger charge is -2.04. The molecule has 0 radical (unpaired) electrons. The van der Waals surface area contributed by atoms with Gasteiger partial charge in [0.15, 0.2) is 6.61 Å². The number of nitrogens with one attached hydrogen (secondary N) is 1. The van der Waals surface area contributed by atoms with Gasteiger partial charge in [-0.25, -0.2) is 5.43 Å². The molecule has 0 bridgehead atoms. The highest BCUT2D eigenvalue weighted by molar-refractivity contribution is 9.10. The fourth-order valence-corrected chi connectivity index (χ4v) is 1.84. The van der Waals surface area contributed by atoms with E-state index >= 15 is 0 Å². The normalized spacial score (nSPS) is 10.4. The zero-order valence-electron chi connectivity index (χ0n) is 10.6. The zero-order chi connectivity index (χ0) is 14.2. The monoisotopic (exact) mass is 332 g/mol. The third kappa shape index (κ3) is 4.51. The predicted octanol–water partition coefficient (Wildman–Crippen LogP) is 2.98. The number of rotatable bonds is 5. The summed E-state index contributed by atoms with van der Waals surface area (Å²) < 4.78 is 6.21. The number of benzene rings is 2. The maximum atomic E-state index is 11.5. The zero-order valence-corrected chi connectivity index (χ0v) is 12.2. The van der Waals surface area contributed by atoms with Crippen molar-refractivity contribution in [1.82, 2.24) is 5.43 Å². The molecule has 0 spiro atoms. The molecule has 4 nitrogen and oxygen atoms in total. The van der Waals surface area contributed by atoms with Crippen LogP contribution in [-0.2, 0) is 4.79 Å². The molecule has 0 aliphatic rings. The average Bonchev–Trinajstić information content (AvgIpc) is 2.48. The van der Waals surface area contributed by atoms with Gasteiger partial charge in [-0.05, 0) is 18.2 Å². The van der Waals surface area contributed by atoms with Crippen molar-refractivity contribution in [2.45, 2.75) is 0 Å². The summed E-state index contributed by atoms with van der Waals surface area (Å²) in [6.07, 6.45) is 1.57. The van der Waals surface area contributed by atoms with Crippen LogP contribution in [0.3, 0.4) is 0 Å². The first-order valence-electron chi connectivity index (χ1n) is 6.00. The minimum absolute atomic E-state index is 0.0721. The Morgan fingerprint density at radius 2 is 1.85 bits per heavy atom. The van der Waals surface area contributed by atoms with Crippen LogP contribution in [0.2, 0.25) is 0 Å². The topological polar surface area (TPSA) is 50.7 Å². The van der Waals surface area contributed by atoms with E-state index in [-0.39, 0.29) is 12.5 Å². The molecule has 2 aromatic rings. The van der Waals surface area contributed by atoms with Crippen molar-refractivity contribution in [1.29, 1.82) is 0 Å². The highest BCUT2D eigenvalue weighted by Crippen LogP contribution is 2.13. The second-order valence-electron chi connectivity index (χ2n) is 3.92. The largest absolute Gasteiger partial charge is 0.484 e. The van der Waals surface area contributed by atoms with Crippen LogP contribution in [-0.4, -0.2) is 18.7 Å². The van der Waals surface area contributed by atoms with E-state index in [2.05, 4.69) is 26.5 Å². The highest BCUT2D eigenvalue weighted by Gasteiger charge is 2.00. The molecule has 102 valence electrons. The van der Waals surface area contributed by atoms with E-state index in [1.807, 2.05) is 42.5 Å². The van der Waals surface area contributed by atoms with E-state index in [0.717, 1.165) is 10.0 Å². The maximum absolute atomic E-state index is 11.5. The summed E-state index contributed by atoms with van der Waals surface area (Å²) in [4.78, 5) is 11.5. The van der Waals surface area contributed by atoms with E-state index in [1.165, 1.54) is 0 Å². The third-order valence-electron chi connectivity index (χ3n) is 2.41. The lowest BCUT2D eigenvalue weighted by atomic mass is 10.2. The Hall–Kier alpha value is -2.14. The van der Waals surface area contributed by atoms with Gasteiger partial charge >= 0.3 is 0 Å². The highest BCUT2D eigenvalue weighted by atomic mass is 79.9. The third-order valence-corrected chi connectivity index (χ3v) is 3.13. The average molecular weight is 333 g/mol. The van der Waals surface area contributed by atoms with Gasteiger partial charge < -0.3 is 4.74 Å². The van der Waals surface area contributed by atoms with E-state index < -0.39 is 0 Å². The van der Waals surface area contributed by atoms with Crippen LogP contribution in [0.4, 0.5) is 0 Å². The van der Waals surface area contributed by atoms with Crippen LogP contribution < -0.4 is 10.2 Å². The van der Waals surface area contributed by atoms with E-state index in [0.29, 0.717) is 5.75 Å². The van der Waals surface area contributed by atoms with Crippen molar-refractivity contribution in [2.75, 3.05) is 6.61 Å². The van der Waals surface area contributed by atoms with Gasteiger partial charge in [-0.3, -0.25) is 4.79 Å². The summed E-state index contributed by atoms with van der Waals surface area (Å²) in [5.41, 5.74) is 3.30. The Kier molecular flexibility index (Phi) is 5.32. The Bertz CT molecular complexity index is 600. The first kappa shape index (κ1) is 14.3. The van der Waals surface area contributed by atoms with Gasteiger partial charge in [0.05, 0.1) is 6.21 Å². The van der Waals surface area contributed by atoms with Crippen molar-refractivity contribution in [3.8, 4) is 5.75 Å². The smallest absolute Gasteiger partial charge is 0.277 e. The predicted molar refractivity (Wildman–Crippen MR) is 81.8 cm³/mol. The molecule has 1 N–H and O–H groups in total. The van der Waals surface area contributed by atoms with Crippen LogP contribution in [0.1, 0.15) is 5.56 Å². The minimum Gasteiger partial charge on any atom is -0.484 e. The molecule has 0 aliphatic carbocycles. The van der Waals surface area contributed by atoms with Gasteiger partial charge in [0, 0.05) is 10.0 Å². The van der Waals surface area contributed by atoms with Crippen LogP contribution in [0.15, 0.2) is 64.2 Å². The Morgan fingerprint density at radius 3 is 2.60 bits per heavy atom. The SMILES string of the molecule is O=C(COc1ccccc1)N/N=C/c1ccccc1Br.